The van der Waals surface area contributed by atoms with E-state index in [-0.39, 0.29) is 10.6 Å². The van der Waals surface area contributed by atoms with E-state index < -0.39 is 0 Å². The minimum absolute atomic E-state index is 0.123. The Morgan fingerprint density at radius 3 is 2.17 bits per heavy atom. The normalized spacial score (nSPS) is 10.3. The molecule has 0 saturated carbocycles. The Morgan fingerprint density at radius 1 is 1.00 bits per heavy atom. The van der Waals surface area contributed by atoms with Crippen LogP contribution in [0.1, 0.15) is 0 Å². The average Bonchev–Trinajstić information content (AvgIpc) is 2.40. The standard InChI is InChI=1S/C13H11NO2S2/c1-17-12-4-2-3-5-13(12)18-11-8-6-10(7-9-11)14(15)16/h2-9H,1H3. The van der Waals surface area contributed by atoms with Crippen LogP contribution in [0, 0.1) is 10.1 Å². The first-order valence-electron chi connectivity index (χ1n) is 5.26. The van der Waals surface area contributed by atoms with Crippen molar-refractivity contribution in [1.82, 2.24) is 0 Å². The fourth-order valence-electron chi connectivity index (χ4n) is 1.47. The van der Waals surface area contributed by atoms with Crippen LogP contribution in [0.3, 0.4) is 0 Å². The number of hydrogen-bond donors (Lipinski definition) is 0. The maximum Gasteiger partial charge on any atom is 0.269 e. The van der Waals surface area contributed by atoms with Gasteiger partial charge in [-0.3, -0.25) is 10.1 Å². The van der Waals surface area contributed by atoms with Gasteiger partial charge < -0.3 is 0 Å². The maximum absolute atomic E-state index is 10.6. The van der Waals surface area contributed by atoms with Gasteiger partial charge in [-0.1, -0.05) is 23.9 Å². The van der Waals surface area contributed by atoms with Crippen LogP contribution in [0.25, 0.3) is 0 Å². The lowest BCUT2D eigenvalue weighted by Gasteiger charge is -2.06. The molecule has 0 aromatic heterocycles. The number of non-ortho nitro benzene ring substituents is 1. The largest absolute Gasteiger partial charge is 0.269 e. The number of thioether (sulfide) groups is 1. The quantitative estimate of drug-likeness (QED) is 0.470. The van der Waals surface area contributed by atoms with E-state index in [0.29, 0.717) is 0 Å². The molecule has 5 heteroatoms. The minimum Gasteiger partial charge on any atom is -0.258 e. The van der Waals surface area contributed by atoms with E-state index in [0.717, 1.165) is 4.90 Å². The van der Waals surface area contributed by atoms with Crippen LogP contribution in [0.5, 0.6) is 0 Å². The maximum atomic E-state index is 10.6. The van der Waals surface area contributed by atoms with Crippen molar-refractivity contribution >= 4 is 29.2 Å². The Morgan fingerprint density at radius 2 is 1.61 bits per heavy atom. The minimum atomic E-state index is -0.385. The molecule has 92 valence electrons. The van der Waals surface area contributed by atoms with Crippen molar-refractivity contribution in [1.29, 1.82) is 0 Å². The summed E-state index contributed by atoms with van der Waals surface area (Å²) in [6.07, 6.45) is 2.04. The van der Waals surface area contributed by atoms with Crippen molar-refractivity contribution in [2.24, 2.45) is 0 Å². The second-order valence-electron chi connectivity index (χ2n) is 3.50. The highest BCUT2D eigenvalue weighted by Crippen LogP contribution is 2.35. The van der Waals surface area contributed by atoms with Crippen LogP contribution in [0.15, 0.2) is 63.2 Å². The van der Waals surface area contributed by atoms with Gasteiger partial charge in [-0.15, -0.1) is 11.8 Å². The van der Waals surface area contributed by atoms with Crippen LogP contribution in [0.2, 0.25) is 0 Å². The number of nitro benzene ring substituents is 1. The molecule has 0 saturated heterocycles. The Balaban J connectivity index is 2.21. The fraction of sp³-hybridized carbons (Fsp3) is 0.0769. The molecule has 0 amide bonds. The summed E-state index contributed by atoms with van der Waals surface area (Å²) in [5.41, 5.74) is 0.123. The fourth-order valence-corrected chi connectivity index (χ4v) is 3.17. The first-order chi connectivity index (χ1) is 8.70. The van der Waals surface area contributed by atoms with E-state index in [4.69, 9.17) is 0 Å². The molecule has 0 atom stereocenters. The molecule has 0 heterocycles. The van der Waals surface area contributed by atoms with E-state index in [1.807, 2.05) is 18.4 Å². The van der Waals surface area contributed by atoms with E-state index in [2.05, 4.69) is 12.1 Å². The highest BCUT2D eigenvalue weighted by molar-refractivity contribution is 8.02. The van der Waals surface area contributed by atoms with Gasteiger partial charge in [0.15, 0.2) is 0 Å². The van der Waals surface area contributed by atoms with E-state index in [9.17, 15) is 10.1 Å². The molecule has 0 unspecified atom stereocenters. The Hall–Kier alpha value is -1.46. The van der Waals surface area contributed by atoms with Crippen LogP contribution >= 0.6 is 23.5 Å². The monoisotopic (exact) mass is 277 g/mol. The van der Waals surface area contributed by atoms with Crippen LogP contribution < -0.4 is 0 Å². The molecule has 18 heavy (non-hydrogen) atoms. The molecular formula is C13H11NO2S2. The highest BCUT2D eigenvalue weighted by atomic mass is 32.2. The summed E-state index contributed by atoms with van der Waals surface area (Å²) >= 11 is 3.31. The van der Waals surface area contributed by atoms with Gasteiger partial charge in [-0.05, 0) is 30.5 Å². The summed E-state index contributed by atoms with van der Waals surface area (Å²) in [5, 5.41) is 10.6. The number of nitro groups is 1. The van der Waals surface area contributed by atoms with Crippen molar-refractivity contribution in [3.63, 3.8) is 0 Å². The Kier molecular flexibility index (Phi) is 4.28. The highest BCUT2D eigenvalue weighted by Gasteiger charge is 2.06. The SMILES string of the molecule is CSc1ccccc1Sc1ccc([N+](=O)[O-])cc1. The van der Waals surface area contributed by atoms with Crippen molar-refractivity contribution in [2.45, 2.75) is 14.7 Å². The lowest BCUT2D eigenvalue weighted by molar-refractivity contribution is -0.384. The second kappa shape index (κ2) is 5.93. The van der Waals surface area contributed by atoms with Gasteiger partial charge in [0.1, 0.15) is 0 Å². The first-order valence-corrected chi connectivity index (χ1v) is 7.30. The van der Waals surface area contributed by atoms with Crippen molar-refractivity contribution in [3.8, 4) is 0 Å². The predicted molar refractivity (Wildman–Crippen MR) is 75.4 cm³/mol. The Labute approximate surface area is 114 Å². The summed E-state index contributed by atoms with van der Waals surface area (Å²) in [7, 11) is 0. The van der Waals surface area contributed by atoms with E-state index in [1.165, 1.54) is 21.9 Å². The zero-order valence-electron chi connectivity index (χ0n) is 9.70. The van der Waals surface area contributed by atoms with Gasteiger partial charge >= 0.3 is 0 Å². The third kappa shape index (κ3) is 3.05. The molecule has 0 aliphatic carbocycles. The Bertz CT molecular complexity index is 555. The summed E-state index contributed by atoms with van der Waals surface area (Å²) < 4.78 is 0. The predicted octanol–water partition coefficient (Wildman–Crippen LogP) is 4.47. The summed E-state index contributed by atoms with van der Waals surface area (Å²) in [6, 6.07) is 14.7. The van der Waals surface area contributed by atoms with Crippen molar-refractivity contribution < 1.29 is 4.92 Å². The third-order valence-electron chi connectivity index (χ3n) is 2.34. The van der Waals surface area contributed by atoms with Crippen molar-refractivity contribution in [2.75, 3.05) is 6.26 Å². The van der Waals surface area contributed by atoms with Gasteiger partial charge in [0.2, 0.25) is 0 Å². The third-order valence-corrected chi connectivity index (χ3v) is 4.35. The first kappa shape index (κ1) is 13.0. The van der Waals surface area contributed by atoms with E-state index in [1.54, 1.807) is 35.7 Å². The molecule has 3 nitrogen and oxygen atoms in total. The number of nitrogens with zero attached hydrogens (tertiary/aromatic N) is 1. The average molecular weight is 277 g/mol. The van der Waals surface area contributed by atoms with Gasteiger partial charge in [0.05, 0.1) is 4.92 Å². The molecule has 0 spiro atoms. The number of hydrogen-bond acceptors (Lipinski definition) is 4. The molecule has 0 radical (unpaired) electrons. The molecule has 0 aliphatic rings. The lowest BCUT2D eigenvalue weighted by Crippen LogP contribution is -1.86. The summed E-state index contributed by atoms with van der Waals surface area (Å²) in [6.45, 7) is 0. The smallest absolute Gasteiger partial charge is 0.258 e. The molecule has 2 rings (SSSR count). The zero-order valence-corrected chi connectivity index (χ0v) is 11.3. The number of rotatable bonds is 4. The molecule has 0 N–H and O–H groups in total. The van der Waals surface area contributed by atoms with E-state index >= 15 is 0 Å². The van der Waals surface area contributed by atoms with Gasteiger partial charge in [-0.25, -0.2) is 0 Å². The van der Waals surface area contributed by atoms with Crippen LogP contribution in [-0.4, -0.2) is 11.2 Å². The van der Waals surface area contributed by atoms with Gasteiger partial charge in [0.25, 0.3) is 5.69 Å². The summed E-state index contributed by atoms with van der Waals surface area (Å²) in [5.74, 6) is 0. The molecule has 0 bridgehead atoms. The zero-order chi connectivity index (χ0) is 13.0. The van der Waals surface area contributed by atoms with Crippen LogP contribution in [-0.2, 0) is 0 Å². The summed E-state index contributed by atoms with van der Waals surface area (Å²) in [4.78, 5) is 13.6. The molecule has 0 fully saturated rings. The second-order valence-corrected chi connectivity index (χ2v) is 5.47. The molecular weight excluding hydrogens is 266 g/mol. The van der Waals surface area contributed by atoms with Gasteiger partial charge in [-0.2, -0.15) is 0 Å². The molecule has 0 aliphatic heterocycles. The van der Waals surface area contributed by atoms with Crippen molar-refractivity contribution in [3.05, 3.63) is 58.6 Å². The number of benzene rings is 2. The van der Waals surface area contributed by atoms with Gasteiger partial charge in [0, 0.05) is 26.8 Å². The topological polar surface area (TPSA) is 43.1 Å². The van der Waals surface area contributed by atoms with Crippen LogP contribution in [0.4, 0.5) is 5.69 Å². The molecule has 2 aromatic rings. The lowest BCUT2D eigenvalue weighted by atomic mass is 10.3. The molecule has 2 aromatic carbocycles.